The standard InChI is InChI=1S/C19H19ClN2O6/c1-2-21(10-14-11-26-17-5-3-4-6-18(17)28-14)19(23)12-27-16-8-7-13(20)9-15(16)22(24)25/h3-9,14H,2,10-12H2,1H3/t14-/m1/s1. The minimum Gasteiger partial charge on any atom is -0.486 e. The largest absolute Gasteiger partial charge is 0.486 e. The maximum absolute atomic E-state index is 12.5. The fourth-order valence-corrected chi connectivity index (χ4v) is 2.96. The van der Waals surface area contributed by atoms with Crippen LogP contribution in [0.3, 0.4) is 0 Å². The topological polar surface area (TPSA) is 91.1 Å². The number of amides is 1. The fourth-order valence-electron chi connectivity index (χ4n) is 2.79. The number of halogens is 1. The highest BCUT2D eigenvalue weighted by Crippen LogP contribution is 2.31. The zero-order valence-electron chi connectivity index (χ0n) is 15.2. The Morgan fingerprint density at radius 2 is 2.07 bits per heavy atom. The van der Waals surface area contributed by atoms with Crippen LogP contribution in [-0.2, 0) is 4.79 Å². The second kappa shape index (κ2) is 8.79. The average molecular weight is 407 g/mol. The number of carbonyl (C=O) groups is 1. The summed E-state index contributed by atoms with van der Waals surface area (Å²) < 4.78 is 16.9. The monoisotopic (exact) mass is 406 g/mol. The lowest BCUT2D eigenvalue weighted by Crippen LogP contribution is -2.45. The molecule has 28 heavy (non-hydrogen) atoms. The van der Waals surface area contributed by atoms with E-state index in [1.54, 1.807) is 4.90 Å². The summed E-state index contributed by atoms with van der Waals surface area (Å²) in [6.45, 7) is 2.58. The van der Waals surface area contributed by atoms with Gasteiger partial charge in [-0.05, 0) is 31.2 Å². The summed E-state index contributed by atoms with van der Waals surface area (Å²) >= 11 is 5.78. The summed E-state index contributed by atoms with van der Waals surface area (Å²) in [6, 6.07) is 11.4. The minimum absolute atomic E-state index is 0.00928. The Kier molecular flexibility index (Phi) is 6.20. The Labute approximate surface area is 166 Å². The van der Waals surface area contributed by atoms with Crippen LogP contribution >= 0.6 is 11.6 Å². The van der Waals surface area contributed by atoms with Crippen molar-refractivity contribution in [1.29, 1.82) is 0 Å². The van der Waals surface area contributed by atoms with Crippen molar-refractivity contribution in [2.45, 2.75) is 13.0 Å². The molecule has 0 aliphatic carbocycles. The Balaban J connectivity index is 1.60. The molecule has 0 saturated carbocycles. The molecule has 0 radical (unpaired) electrons. The van der Waals surface area contributed by atoms with Crippen molar-refractivity contribution < 1.29 is 23.9 Å². The molecule has 1 aliphatic heterocycles. The third kappa shape index (κ3) is 4.64. The van der Waals surface area contributed by atoms with Crippen LogP contribution in [0.2, 0.25) is 5.02 Å². The predicted octanol–water partition coefficient (Wildman–Crippen LogP) is 3.32. The Hall–Kier alpha value is -3.00. The van der Waals surface area contributed by atoms with E-state index in [2.05, 4.69) is 0 Å². The summed E-state index contributed by atoms with van der Waals surface area (Å²) in [5.74, 6) is 0.987. The molecule has 0 unspecified atom stereocenters. The minimum atomic E-state index is -0.603. The molecule has 0 fully saturated rings. The number of nitrogens with zero attached hydrogens (tertiary/aromatic N) is 2. The third-order valence-electron chi connectivity index (χ3n) is 4.19. The first kappa shape index (κ1) is 19.8. The number of ether oxygens (including phenoxy) is 3. The van der Waals surface area contributed by atoms with Crippen LogP contribution in [0.4, 0.5) is 5.69 Å². The smallest absolute Gasteiger partial charge is 0.312 e. The Morgan fingerprint density at radius 1 is 1.32 bits per heavy atom. The van der Waals surface area contributed by atoms with E-state index < -0.39 is 4.92 Å². The van der Waals surface area contributed by atoms with Crippen molar-refractivity contribution >= 4 is 23.2 Å². The molecule has 148 valence electrons. The molecule has 3 rings (SSSR count). The number of hydrogen-bond acceptors (Lipinski definition) is 6. The lowest BCUT2D eigenvalue weighted by Gasteiger charge is -2.30. The molecule has 0 aromatic heterocycles. The van der Waals surface area contributed by atoms with E-state index in [1.165, 1.54) is 18.2 Å². The second-order valence-electron chi connectivity index (χ2n) is 6.09. The predicted molar refractivity (Wildman–Crippen MR) is 102 cm³/mol. The summed E-state index contributed by atoms with van der Waals surface area (Å²) in [5.41, 5.74) is -0.288. The van der Waals surface area contributed by atoms with Gasteiger partial charge in [-0.3, -0.25) is 14.9 Å². The fraction of sp³-hybridized carbons (Fsp3) is 0.316. The van der Waals surface area contributed by atoms with Crippen molar-refractivity contribution in [3.8, 4) is 17.2 Å². The van der Waals surface area contributed by atoms with Gasteiger partial charge in [-0.25, -0.2) is 0 Å². The Bertz CT molecular complexity index is 875. The lowest BCUT2D eigenvalue weighted by molar-refractivity contribution is -0.385. The van der Waals surface area contributed by atoms with Gasteiger partial charge in [0.2, 0.25) is 0 Å². The molecule has 1 amide bonds. The van der Waals surface area contributed by atoms with Gasteiger partial charge in [-0.15, -0.1) is 0 Å². The quantitative estimate of drug-likeness (QED) is 0.517. The van der Waals surface area contributed by atoms with Gasteiger partial charge >= 0.3 is 5.69 Å². The van der Waals surface area contributed by atoms with E-state index in [0.29, 0.717) is 31.2 Å². The molecule has 9 heteroatoms. The van der Waals surface area contributed by atoms with Crippen LogP contribution in [0.25, 0.3) is 0 Å². The number of likely N-dealkylation sites (N-methyl/N-ethyl adjacent to an activating group) is 1. The number of rotatable bonds is 7. The van der Waals surface area contributed by atoms with Gasteiger partial charge in [-0.1, -0.05) is 23.7 Å². The summed E-state index contributed by atoms with van der Waals surface area (Å²) in [4.78, 5) is 24.6. The first-order valence-corrected chi connectivity index (χ1v) is 9.08. The third-order valence-corrected chi connectivity index (χ3v) is 4.43. The molecule has 2 aromatic rings. The highest BCUT2D eigenvalue weighted by atomic mass is 35.5. The first-order valence-electron chi connectivity index (χ1n) is 8.71. The number of nitro benzene ring substituents is 1. The normalized spacial score (nSPS) is 15.0. The van der Waals surface area contributed by atoms with Crippen LogP contribution in [0, 0.1) is 10.1 Å². The molecular weight excluding hydrogens is 388 g/mol. The molecule has 0 saturated heterocycles. The molecule has 1 atom stereocenters. The van der Waals surface area contributed by atoms with Gasteiger partial charge < -0.3 is 19.1 Å². The summed E-state index contributed by atoms with van der Waals surface area (Å²) in [6.07, 6.45) is -0.316. The van der Waals surface area contributed by atoms with Gasteiger partial charge in [0, 0.05) is 17.6 Å². The van der Waals surface area contributed by atoms with Gasteiger partial charge in [0.1, 0.15) is 6.61 Å². The molecular formula is C19H19ClN2O6. The number of fused-ring (bicyclic) bond motifs is 1. The number of para-hydroxylation sites is 2. The van der Waals surface area contributed by atoms with E-state index in [4.69, 9.17) is 25.8 Å². The summed E-state index contributed by atoms with van der Waals surface area (Å²) in [7, 11) is 0. The van der Waals surface area contributed by atoms with Crippen molar-refractivity contribution in [1.82, 2.24) is 4.90 Å². The maximum Gasteiger partial charge on any atom is 0.312 e. The number of benzene rings is 2. The molecule has 1 heterocycles. The number of nitro groups is 1. The molecule has 0 bridgehead atoms. The van der Waals surface area contributed by atoms with E-state index in [0.717, 1.165) is 0 Å². The number of carbonyl (C=O) groups excluding carboxylic acids is 1. The lowest BCUT2D eigenvalue weighted by atomic mass is 10.2. The zero-order valence-corrected chi connectivity index (χ0v) is 15.9. The van der Waals surface area contributed by atoms with Crippen molar-refractivity contribution in [2.24, 2.45) is 0 Å². The van der Waals surface area contributed by atoms with E-state index >= 15 is 0 Å². The summed E-state index contributed by atoms with van der Waals surface area (Å²) in [5, 5.41) is 11.3. The van der Waals surface area contributed by atoms with Gasteiger partial charge in [0.05, 0.1) is 11.5 Å². The van der Waals surface area contributed by atoms with Crippen LogP contribution in [0.15, 0.2) is 42.5 Å². The van der Waals surface area contributed by atoms with Crippen molar-refractivity contribution in [3.05, 3.63) is 57.6 Å². The average Bonchev–Trinajstić information content (AvgIpc) is 2.70. The first-order chi connectivity index (χ1) is 13.5. The van der Waals surface area contributed by atoms with E-state index in [1.807, 2.05) is 31.2 Å². The van der Waals surface area contributed by atoms with Crippen LogP contribution < -0.4 is 14.2 Å². The molecule has 1 aliphatic rings. The highest BCUT2D eigenvalue weighted by molar-refractivity contribution is 6.30. The zero-order chi connectivity index (χ0) is 20.1. The van der Waals surface area contributed by atoms with E-state index in [-0.39, 0.29) is 35.1 Å². The Morgan fingerprint density at radius 3 is 2.79 bits per heavy atom. The molecule has 0 spiro atoms. The molecule has 2 aromatic carbocycles. The van der Waals surface area contributed by atoms with Crippen LogP contribution in [0.1, 0.15) is 6.92 Å². The van der Waals surface area contributed by atoms with Crippen LogP contribution in [0.5, 0.6) is 17.2 Å². The van der Waals surface area contributed by atoms with Crippen molar-refractivity contribution in [3.63, 3.8) is 0 Å². The van der Waals surface area contributed by atoms with Gasteiger partial charge in [0.15, 0.2) is 30.0 Å². The second-order valence-corrected chi connectivity index (χ2v) is 6.52. The van der Waals surface area contributed by atoms with Gasteiger partial charge in [-0.2, -0.15) is 0 Å². The maximum atomic E-state index is 12.5. The number of hydrogen-bond donors (Lipinski definition) is 0. The van der Waals surface area contributed by atoms with Crippen LogP contribution in [-0.4, -0.2) is 48.1 Å². The van der Waals surface area contributed by atoms with Crippen molar-refractivity contribution in [2.75, 3.05) is 26.3 Å². The van der Waals surface area contributed by atoms with E-state index in [9.17, 15) is 14.9 Å². The highest BCUT2D eigenvalue weighted by Gasteiger charge is 2.25. The van der Waals surface area contributed by atoms with Gasteiger partial charge in [0.25, 0.3) is 5.91 Å². The molecule has 8 nitrogen and oxygen atoms in total. The SMILES string of the molecule is CCN(C[C@@H]1COc2ccccc2O1)C(=O)COc1ccc(Cl)cc1[N+](=O)[O-]. The molecule has 0 N–H and O–H groups in total.